The van der Waals surface area contributed by atoms with Crippen LogP contribution in [0.5, 0.6) is 0 Å². The molecule has 0 bridgehead atoms. The number of rotatable bonds is 10. The molecular weight excluding hydrogens is 190 g/mol. The van der Waals surface area contributed by atoms with E-state index in [0.29, 0.717) is 19.6 Å². The number of ether oxygens (including phenoxy) is 1. The Morgan fingerprint density at radius 3 is 2.40 bits per heavy atom. The van der Waals surface area contributed by atoms with Crippen molar-refractivity contribution in [2.24, 2.45) is 5.73 Å². The van der Waals surface area contributed by atoms with E-state index in [1.807, 2.05) is 0 Å². The van der Waals surface area contributed by atoms with Crippen molar-refractivity contribution in [3.05, 3.63) is 0 Å². The van der Waals surface area contributed by atoms with Gasteiger partial charge >= 0.3 is 5.97 Å². The highest BCUT2D eigenvalue weighted by Crippen LogP contribution is 2.05. The maximum absolute atomic E-state index is 11.1. The van der Waals surface area contributed by atoms with Gasteiger partial charge in [0.1, 0.15) is 0 Å². The van der Waals surface area contributed by atoms with E-state index in [4.69, 9.17) is 10.5 Å². The summed E-state index contributed by atoms with van der Waals surface area (Å²) in [5.74, 6) is -0.103. The topological polar surface area (TPSA) is 52.3 Å². The molecule has 3 heteroatoms. The van der Waals surface area contributed by atoms with Crippen molar-refractivity contribution in [2.75, 3.05) is 13.2 Å². The summed E-state index contributed by atoms with van der Waals surface area (Å²) in [5.41, 5.74) is 5.29. The zero-order valence-corrected chi connectivity index (χ0v) is 9.96. The zero-order valence-electron chi connectivity index (χ0n) is 9.96. The zero-order chi connectivity index (χ0) is 11.4. The molecule has 0 fully saturated rings. The molecule has 0 rings (SSSR count). The molecule has 0 atom stereocenters. The Kier molecular flexibility index (Phi) is 11.1. The SMILES string of the molecule is CCCCCCCCOC(=O)CCCN. The fourth-order valence-electron chi connectivity index (χ4n) is 1.39. The predicted molar refractivity (Wildman–Crippen MR) is 62.6 cm³/mol. The first kappa shape index (κ1) is 14.4. The van der Waals surface area contributed by atoms with Crippen LogP contribution in [0.2, 0.25) is 0 Å². The Morgan fingerprint density at radius 1 is 1.07 bits per heavy atom. The summed E-state index contributed by atoms with van der Waals surface area (Å²) < 4.78 is 5.06. The highest BCUT2D eigenvalue weighted by Gasteiger charge is 2.00. The lowest BCUT2D eigenvalue weighted by Gasteiger charge is -2.04. The van der Waals surface area contributed by atoms with E-state index in [-0.39, 0.29) is 5.97 Å². The third kappa shape index (κ3) is 11.4. The van der Waals surface area contributed by atoms with Crippen LogP contribution in [0.15, 0.2) is 0 Å². The minimum absolute atomic E-state index is 0.103. The fraction of sp³-hybridized carbons (Fsp3) is 0.917. The van der Waals surface area contributed by atoms with Gasteiger partial charge < -0.3 is 10.5 Å². The molecule has 0 saturated carbocycles. The fourth-order valence-corrected chi connectivity index (χ4v) is 1.39. The highest BCUT2D eigenvalue weighted by molar-refractivity contribution is 5.69. The molecule has 0 radical (unpaired) electrons. The predicted octanol–water partition coefficient (Wildman–Crippen LogP) is 2.63. The van der Waals surface area contributed by atoms with Crippen LogP contribution in [0.4, 0.5) is 0 Å². The van der Waals surface area contributed by atoms with Crippen LogP contribution in [0.25, 0.3) is 0 Å². The van der Waals surface area contributed by atoms with E-state index in [2.05, 4.69) is 6.92 Å². The smallest absolute Gasteiger partial charge is 0.305 e. The second kappa shape index (κ2) is 11.5. The number of unbranched alkanes of at least 4 members (excludes halogenated alkanes) is 5. The summed E-state index contributed by atoms with van der Waals surface area (Å²) in [7, 11) is 0. The quantitative estimate of drug-likeness (QED) is 0.450. The lowest BCUT2D eigenvalue weighted by molar-refractivity contribution is -0.143. The molecule has 0 aromatic rings. The molecule has 0 saturated heterocycles. The molecule has 0 aliphatic rings. The van der Waals surface area contributed by atoms with Gasteiger partial charge in [0.25, 0.3) is 0 Å². The van der Waals surface area contributed by atoms with Crippen LogP contribution in [0, 0.1) is 0 Å². The normalized spacial score (nSPS) is 10.3. The number of hydrogen-bond donors (Lipinski definition) is 1. The van der Waals surface area contributed by atoms with Gasteiger partial charge in [-0.2, -0.15) is 0 Å². The minimum Gasteiger partial charge on any atom is -0.466 e. The minimum atomic E-state index is -0.103. The maximum Gasteiger partial charge on any atom is 0.305 e. The van der Waals surface area contributed by atoms with Crippen molar-refractivity contribution >= 4 is 5.97 Å². The number of hydrogen-bond acceptors (Lipinski definition) is 3. The van der Waals surface area contributed by atoms with Gasteiger partial charge in [-0.3, -0.25) is 4.79 Å². The molecule has 0 aromatic heterocycles. The largest absolute Gasteiger partial charge is 0.466 e. The average molecular weight is 215 g/mol. The van der Waals surface area contributed by atoms with Crippen LogP contribution >= 0.6 is 0 Å². The van der Waals surface area contributed by atoms with E-state index >= 15 is 0 Å². The van der Waals surface area contributed by atoms with Gasteiger partial charge in [-0.05, 0) is 19.4 Å². The lowest BCUT2D eigenvalue weighted by Crippen LogP contribution is -2.08. The van der Waals surface area contributed by atoms with Gasteiger partial charge in [0, 0.05) is 6.42 Å². The molecule has 0 amide bonds. The van der Waals surface area contributed by atoms with E-state index < -0.39 is 0 Å². The Bertz CT molecular complexity index is 149. The van der Waals surface area contributed by atoms with Gasteiger partial charge in [-0.25, -0.2) is 0 Å². The monoisotopic (exact) mass is 215 g/mol. The Balaban J connectivity index is 3.06. The lowest BCUT2D eigenvalue weighted by atomic mass is 10.1. The van der Waals surface area contributed by atoms with Crippen LogP contribution in [0.1, 0.15) is 58.3 Å². The maximum atomic E-state index is 11.1. The van der Waals surface area contributed by atoms with Crippen molar-refractivity contribution in [1.29, 1.82) is 0 Å². The van der Waals surface area contributed by atoms with Gasteiger partial charge in [0.15, 0.2) is 0 Å². The third-order valence-electron chi connectivity index (χ3n) is 2.35. The molecule has 2 N–H and O–H groups in total. The average Bonchev–Trinajstić information content (AvgIpc) is 2.25. The Hall–Kier alpha value is -0.570. The van der Waals surface area contributed by atoms with Crippen LogP contribution in [-0.2, 0) is 9.53 Å². The van der Waals surface area contributed by atoms with E-state index in [0.717, 1.165) is 12.8 Å². The van der Waals surface area contributed by atoms with E-state index in [1.54, 1.807) is 0 Å². The Labute approximate surface area is 93.4 Å². The number of esters is 1. The van der Waals surface area contributed by atoms with Crippen LogP contribution in [0.3, 0.4) is 0 Å². The molecule has 0 aromatic carbocycles. The van der Waals surface area contributed by atoms with Gasteiger partial charge in [-0.15, -0.1) is 0 Å². The first-order chi connectivity index (χ1) is 7.31. The second-order valence-corrected chi connectivity index (χ2v) is 3.88. The first-order valence-electron chi connectivity index (χ1n) is 6.17. The first-order valence-corrected chi connectivity index (χ1v) is 6.17. The van der Waals surface area contributed by atoms with E-state index in [1.165, 1.54) is 32.1 Å². The molecule has 0 unspecified atom stereocenters. The second-order valence-electron chi connectivity index (χ2n) is 3.88. The molecule has 0 aliphatic heterocycles. The molecule has 0 aliphatic carbocycles. The van der Waals surface area contributed by atoms with Crippen molar-refractivity contribution in [1.82, 2.24) is 0 Å². The van der Waals surface area contributed by atoms with Crippen LogP contribution < -0.4 is 5.73 Å². The number of carbonyl (C=O) groups excluding carboxylic acids is 1. The molecular formula is C12H25NO2. The molecule has 3 nitrogen and oxygen atoms in total. The molecule has 0 spiro atoms. The molecule has 90 valence electrons. The number of nitrogens with two attached hydrogens (primary N) is 1. The van der Waals surface area contributed by atoms with Crippen molar-refractivity contribution < 1.29 is 9.53 Å². The summed E-state index contributed by atoms with van der Waals surface area (Å²) in [6.07, 6.45) is 8.51. The van der Waals surface area contributed by atoms with Crippen LogP contribution in [-0.4, -0.2) is 19.1 Å². The summed E-state index contributed by atoms with van der Waals surface area (Å²) in [6.45, 7) is 3.35. The summed E-state index contributed by atoms with van der Waals surface area (Å²) >= 11 is 0. The van der Waals surface area contributed by atoms with Crippen molar-refractivity contribution in [3.63, 3.8) is 0 Å². The summed E-state index contributed by atoms with van der Waals surface area (Å²) in [4.78, 5) is 11.1. The van der Waals surface area contributed by atoms with Crippen molar-refractivity contribution in [2.45, 2.75) is 58.3 Å². The van der Waals surface area contributed by atoms with Gasteiger partial charge in [0.2, 0.25) is 0 Å². The van der Waals surface area contributed by atoms with Gasteiger partial charge in [-0.1, -0.05) is 39.0 Å². The van der Waals surface area contributed by atoms with Crippen molar-refractivity contribution in [3.8, 4) is 0 Å². The Morgan fingerprint density at radius 2 is 1.73 bits per heavy atom. The number of carbonyl (C=O) groups is 1. The third-order valence-corrected chi connectivity index (χ3v) is 2.35. The molecule has 0 heterocycles. The molecule has 15 heavy (non-hydrogen) atoms. The standard InChI is InChI=1S/C12H25NO2/c1-2-3-4-5-6-7-11-15-12(14)9-8-10-13/h2-11,13H2,1H3. The van der Waals surface area contributed by atoms with E-state index in [9.17, 15) is 4.79 Å². The summed E-state index contributed by atoms with van der Waals surface area (Å²) in [5, 5.41) is 0. The van der Waals surface area contributed by atoms with Gasteiger partial charge in [0.05, 0.1) is 6.61 Å². The summed E-state index contributed by atoms with van der Waals surface area (Å²) in [6, 6.07) is 0. The highest BCUT2D eigenvalue weighted by atomic mass is 16.5.